The SMILES string of the molecule is C[C@@H]1C[C@H](O)C(OC2C[C@H](O)[C@H](O)[C@@H](C)O2)C(O[C@H]2[C@@H](O)C[C@H](O[C@H]3CC[C@]4(C)C5CC[C@]6(C)[C@@H](C7=CC(=O)OC7)[C@@H](O)C[C@]6(O)[C@@H]5CC[C@@H]4C3)O[C@@H]2C)O1. The molecule has 14 heteroatoms. The van der Waals surface area contributed by atoms with Gasteiger partial charge in [-0.25, -0.2) is 4.79 Å². The Balaban J connectivity index is 0.874. The third kappa shape index (κ3) is 7.05. The molecule has 0 radical (unpaired) electrons. The van der Waals surface area contributed by atoms with Gasteiger partial charge in [0, 0.05) is 43.1 Å². The Kier molecular flexibility index (Phi) is 11.1. The maximum Gasteiger partial charge on any atom is 0.331 e. The summed E-state index contributed by atoms with van der Waals surface area (Å²) in [6, 6.07) is 0. The minimum absolute atomic E-state index is 0.0205. The van der Waals surface area contributed by atoms with Gasteiger partial charge in [-0.3, -0.25) is 0 Å². The summed E-state index contributed by atoms with van der Waals surface area (Å²) in [5.74, 6) is 0.134. The van der Waals surface area contributed by atoms with Gasteiger partial charge in [0.15, 0.2) is 18.9 Å². The molecule has 8 aliphatic rings. The van der Waals surface area contributed by atoms with E-state index in [4.69, 9.17) is 33.2 Å². The molecule has 3 saturated heterocycles. The van der Waals surface area contributed by atoms with Crippen LogP contribution in [0.4, 0.5) is 0 Å². The molecule has 0 aromatic heterocycles. The van der Waals surface area contributed by atoms with Crippen LogP contribution in [0.3, 0.4) is 0 Å². The fourth-order valence-corrected chi connectivity index (χ4v) is 12.8. The molecule has 14 nitrogen and oxygen atoms in total. The summed E-state index contributed by atoms with van der Waals surface area (Å²) in [6.07, 6.45) is -1.96. The van der Waals surface area contributed by atoms with E-state index in [9.17, 15) is 35.4 Å². The van der Waals surface area contributed by atoms with Gasteiger partial charge in [-0.15, -0.1) is 0 Å². The van der Waals surface area contributed by atoms with Crippen molar-refractivity contribution in [1.82, 2.24) is 0 Å². The van der Waals surface area contributed by atoms with Crippen molar-refractivity contribution >= 4 is 5.97 Å². The van der Waals surface area contributed by atoms with Crippen LogP contribution in [0.15, 0.2) is 11.6 Å². The Hall–Kier alpha value is -1.27. The van der Waals surface area contributed by atoms with E-state index in [1.165, 1.54) is 6.08 Å². The minimum atomic E-state index is -1.04. The fourth-order valence-electron chi connectivity index (χ4n) is 12.8. The molecule has 4 heterocycles. The van der Waals surface area contributed by atoms with Crippen LogP contribution in [0.2, 0.25) is 0 Å². The summed E-state index contributed by atoms with van der Waals surface area (Å²) in [7, 11) is 0. The zero-order chi connectivity index (χ0) is 39.2. The molecule has 7 fully saturated rings. The molecule has 21 atom stereocenters. The lowest BCUT2D eigenvalue weighted by Crippen LogP contribution is -2.62. The van der Waals surface area contributed by atoms with Crippen LogP contribution in [0.5, 0.6) is 0 Å². The fraction of sp³-hybridized carbons (Fsp3) is 0.927. The van der Waals surface area contributed by atoms with E-state index < -0.39 is 84.8 Å². The molecule has 0 aromatic carbocycles. The average molecular weight is 781 g/mol. The Labute approximate surface area is 323 Å². The normalized spacial score (nSPS) is 55.5. The molecule has 4 aliphatic carbocycles. The standard InChI is InChI=1S/C41H64O14/c1-19-12-28(43)37(54-33-15-27(42)35(47)20(2)51-33)38(50-19)55-36-21(3)52-32(16-29(36)44)53-24-8-10-39(4)23(14-24)6-7-26-25(39)9-11-40(5)34(22-13-31(46)49-18-22)30(45)17-41(26,40)48/h13,19-21,23-30,32-38,42-45,47-48H,6-12,14-18H2,1-5H3/t19-,20-,21-,23-,24+,25?,26-,27+,28+,29+,30+,32+,33?,34+,35-,36-,37?,38?,39+,40-,41+/m1/s1. The smallest absolute Gasteiger partial charge is 0.331 e. The largest absolute Gasteiger partial charge is 0.458 e. The van der Waals surface area contributed by atoms with Crippen LogP contribution in [0.25, 0.3) is 0 Å². The highest BCUT2D eigenvalue weighted by molar-refractivity contribution is 5.85. The van der Waals surface area contributed by atoms with Crippen molar-refractivity contribution in [2.45, 2.75) is 197 Å². The molecular formula is C41H64O14. The summed E-state index contributed by atoms with van der Waals surface area (Å²) in [5.41, 5.74) is -0.716. The second kappa shape index (κ2) is 15.1. The highest BCUT2D eigenvalue weighted by Crippen LogP contribution is 2.70. The number of esters is 1. The van der Waals surface area contributed by atoms with E-state index in [1.807, 2.05) is 13.8 Å². The first-order valence-corrected chi connectivity index (χ1v) is 20.9. The molecule has 0 aromatic rings. The monoisotopic (exact) mass is 780 g/mol. The third-order valence-corrected chi connectivity index (χ3v) is 15.7. The predicted molar refractivity (Wildman–Crippen MR) is 193 cm³/mol. The molecule has 0 amide bonds. The first kappa shape index (κ1) is 40.5. The number of carbonyl (C=O) groups excluding carboxylic acids is 1. The lowest BCUT2D eigenvalue weighted by atomic mass is 9.43. The van der Waals surface area contributed by atoms with Gasteiger partial charge in [0.2, 0.25) is 0 Å². The molecule has 6 N–H and O–H groups in total. The number of hydrogen-bond acceptors (Lipinski definition) is 14. The van der Waals surface area contributed by atoms with Crippen LogP contribution >= 0.6 is 0 Å². The van der Waals surface area contributed by atoms with Gasteiger partial charge in [0.05, 0.1) is 54.4 Å². The number of fused-ring (bicyclic) bond motifs is 5. The molecule has 4 saturated carbocycles. The Bertz CT molecular complexity index is 1420. The number of carbonyl (C=O) groups is 1. The quantitative estimate of drug-likeness (QED) is 0.162. The average Bonchev–Trinajstić information content (AvgIpc) is 3.62. The van der Waals surface area contributed by atoms with Crippen molar-refractivity contribution in [1.29, 1.82) is 0 Å². The Morgan fingerprint density at radius 2 is 1.44 bits per heavy atom. The lowest BCUT2D eigenvalue weighted by Gasteiger charge is -2.63. The summed E-state index contributed by atoms with van der Waals surface area (Å²) in [5, 5.41) is 66.7. The summed E-state index contributed by atoms with van der Waals surface area (Å²) < 4.78 is 42.4. The number of aliphatic hydroxyl groups is 6. The number of hydrogen-bond donors (Lipinski definition) is 6. The van der Waals surface area contributed by atoms with E-state index in [0.717, 1.165) is 50.5 Å². The summed E-state index contributed by atoms with van der Waals surface area (Å²) in [4.78, 5) is 12.0. The van der Waals surface area contributed by atoms with E-state index in [0.29, 0.717) is 24.7 Å². The highest BCUT2D eigenvalue weighted by Gasteiger charge is 2.70. The maximum atomic E-state index is 12.6. The van der Waals surface area contributed by atoms with Crippen molar-refractivity contribution in [3.63, 3.8) is 0 Å². The number of cyclic esters (lactones) is 1. The lowest BCUT2D eigenvalue weighted by molar-refractivity contribution is -0.355. The van der Waals surface area contributed by atoms with E-state index in [1.54, 1.807) is 6.92 Å². The highest BCUT2D eigenvalue weighted by atomic mass is 16.8. The number of rotatable bonds is 7. The molecule has 55 heavy (non-hydrogen) atoms. The number of ether oxygens (including phenoxy) is 7. The Morgan fingerprint density at radius 3 is 2.15 bits per heavy atom. The van der Waals surface area contributed by atoms with Gasteiger partial charge >= 0.3 is 5.97 Å². The van der Waals surface area contributed by atoms with Crippen LogP contribution in [0.1, 0.15) is 105 Å². The van der Waals surface area contributed by atoms with Crippen molar-refractivity contribution in [3.05, 3.63) is 11.6 Å². The molecule has 8 rings (SSSR count). The van der Waals surface area contributed by atoms with Gasteiger partial charge in [0.1, 0.15) is 24.9 Å². The second-order valence-electron chi connectivity index (χ2n) is 18.9. The maximum absolute atomic E-state index is 12.6. The van der Waals surface area contributed by atoms with Crippen LogP contribution in [-0.4, -0.2) is 135 Å². The van der Waals surface area contributed by atoms with E-state index in [-0.39, 0.29) is 54.9 Å². The van der Waals surface area contributed by atoms with Crippen molar-refractivity contribution < 1.29 is 68.6 Å². The predicted octanol–water partition coefficient (Wildman–Crippen LogP) is 2.22. The van der Waals surface area contributed by atoms with Gasteiger partial charge in [-0.05, 0) is 94.5 Å². The second-order valence-corrected chi connectivity index (χ2v) is 18.9. The summed E-state index contributed by atoms with van der Waals surface area (Å²) in [6.45, 7) is 10.00. The van der Waals surface area contributed by atoms with Gasteiger partial charge in [-0.1, -0.05) is 13.8 Å². The minimum Gasteiger partial charge on any atom is -0.458 e. The molecule has 0 bridgehead atoms. The van der Waals surface area contributed by atoms with Gasteiger partial charge < -0.3 is 63.8 Å². The first-order chi connectivity index (χ1) is 26.0. The zero-order valence-electron chi connectivity index (χ0n) is 32.9. The zero-order valence-corrected chi connectivity index (χ0v) is 32.9. The van der Waals surface area contributed by atoms with Crippen molar-refractivity contribution in [2.24, 2.45) is 34.5 Å². The summed E-state index contributed by atoms with van der Waals surface area (Å²) >= 11 is 0. The van der Waals surface area contributed by atoms with Crippen LogP contribution < -0.4 is 0 Å². The molecule has 4 aliphatic heterocycles. The topological polar surface area (TPSA) is 203 Å². The van der Waals surface area contributed by atoms with Crippen LogP contribution in [-0.2, 0) is 38.0 Å². The number of aliphatic hydroxyl groups excluding tert-OH is 5. The first-order valence-electron chi connectivity index (χ1n) is 20.9. The van der Waals surface area contributed by atoms with Gasteiger partial charge in [0.25, 0.3) is 0 Å². The van der Waals surface area contributed by atoms with E-state index in [2.05, 4.69) is 13.8 Å². The molecule has 4 unspecified atom stereocenters. The van der Waals surface area contributed by atoms with Crippen molar-refractivity contribution in [2.75, 3.05) is 6.61 Å². The molecule has 312 valence electrons. The van der Waals surface area contributed by atoms with Crippen LogP contribution in [0, 0.1) is 34.5 Å². The van der Waals surface area contributed by atoms with E-state index >= 15 is 0 Å². The van der Waals surface area contributed by atoms with Gasteiger partial charge in [-0.2, -0.15) is 0 Å². The van der Waals surface area contributed by atoms with Crippen molar-refractivity contribution in [3.8, 4) is 0 Å². The molecular weight excluding hydrogens is 716 g/mol. The molecule has 0 spiro atoms. The Morgan fingerprint density at radius 1 is 0.727 bits per heavy atom. The third-order valence-electron chi connectivity index (χ3n) is 15.7.